The summed E-state index contributed by atoms with van der Waals surface area (Å²) in [5.74, 6) is -0.862. The maximum absolute atomic E-state index is 14.4. The fraction of sp³-hybridized carbons (Fsp3) is 0.235. The summed E-state index contributed by atoms with van der Waals surface area (Å²) >= 11 is 12.2. The SMILES string of the molecule is CC[C@H](C)NC(=O)[C@H](Cc1ccccc1)N(Cc1ccc(Cl)cc1)C(=O)CN(c1ccccc1)S(=O)(=O)c1ccc(Cl)cc1. The van der Waals surface area contributed by atoms with Gasteiger partial charge in [0, 0.05) is 29.1 Å². The van der Waals surface area contributed by atoms with Crippen molar-refractivity contribution >= 4 is 50.7 Å². The molecule has 0 bridgehead atoms. The Morgan fingerprint density at radius 1 is 0.773 bits per heavy atom. The first-order valence-electron chi connectivity index (χ1n) is 14.3. The van der Waals surface area contributed by atoms with E-state index in [2.05, 4.69) is 5.32 Å². The predicted molar refractivity (Wildman–Crippen MR) is 176 cm³/mol. The molecule has 0 saturated carbocycles. The van der Waals surface area contributed by atoms with Crippen LogP contribution in [0, 0.1) is 0 Å². The zero-order valence-corrected chi connectivity index (χ0v) is 26.9. The fourth-order valence-corrected chi connectivity index (χ4v) is 6.30. The van der Waals surface area contributed by atoms with Crippen molar-refractivity contribution in [1.29, 1.82) is 0 Å². The van der Waals surface area contributed by atoms with E-state index < -0.39 is 28.5 Å². The number of hydrogen-bond donors (Lipinski definition) is 1. The monoisotopic (exact) mass is 651 g/mol. The number of rotatable bonds is 13. The van der Waals surface area contributed by atoms with Crippen LogP contribution in [0.25, 0.3) is 0 Å². The molecule has 0 aliphatic rings. The Morgan fingerprint density at radius 3 is 1.89 bits per heavy atom. The van der Waals surface area contributed by atoms with Gasteiger partial charge in [0.15, 0.2) is 0 Å². The van der Waals surface area contributed by atoms with Gasteiger partial charge in [-0.3, -0.25) is 13.9 Å². The van der Waals surface area contributed by atoms with Crippen molar-refractivity contribution in [3.8, 4) is 0 Å². The summed E-state index contributed by atoms with van der Waals surface area (Å²) in [6.07, 6.45) is 0.938. The summed E-state index contributed by atoms with van der Waals surface area (Å²) in [4.78, 5) is 29.7. The van der Waals surface area contributed by atoms with Crippen LogP contribution < -0.4 is 9.62 Å². The molecule has 10 heteroatoms. The topological polar surface area (TPSA) is 86.8 Å². The highest BCUT2D eigenvalue weighted by Gasteiger charge is 2.35. The minimum absolute atomic E-state index is 0.0156. The van der Waals surface area contributed by atoms with Crippen molar-refractivity contribution in [3.05, 3.63) is 130 Å². The van der Waals surface area contributed by atoms with E-state index in [-0.39, 0.29) is 29.8 Å². The molecule has 0 aliphatic carbocycles. The smallest absolute Gasteiger partial charge is 0.264 e. The van der Waals surface area contributed by atoms with Gasteiger partial charge in [-0.25, -0.2) is 8.42 Å². The van der Waals surface area contributed by atoms with Crippen LogP contribution in [-0.4, -0.2) is 43.8 Å². The Morgan fingerprint density at radius 2 is 1.32 bits per heavy atom. The molecule has 4 rings (SSSR count). The first-order chi connectivity index (χ1) is 21.1. The van der Waals surface area contributed by atoms with E-state index in [4.69, 9.17) is 23.2 Å². The number of hydrogen-bond acceptors (Lipinski definition) is 4. The molecule has 7 nitrogen and oxygen atoms in total. The minimum Gasteiger partial charge on any atom is -0.352 e. The van der Waals surface area contributed by atoms with Crippen molar-refractivity contribution in [2.24, 2.45) is 0 Å². The lowest BCUT2D eigenvalue weighted by molar-refractivity contribution is -0.140. The summed E-state index contributed by atoms with van der Waals surface area (Å²) < 4.78 is 29.1. The van der Waals surface area contributed by atoms with Gasteiger partial charge in [-0.05, 0) is 73.0 Å². The average molecular weight is 653 g/mol. The molecule has 1 N–H and O–H groups in total. The number of nitrogens with one attached hydrogen (secondary N) is 1. The van der Waals surface area contributed by atoms with Crippen LogP contribution in [0.5, 0.6) is 0 Å². The van der Waals surface area contributed by atoms with Gasteiger partial charge >= 0.3 is 0 Å². The van der Waals surface area contributed by atoms with Gasteiger partial charge in [0.25, 0.3) is 10.0 Å². The zero-order chi connectivity index (χ0) is 31.7. The number of nitrogens with zero attached hydrogens (tertiary/aromatic N) is 2. The van der Waals surface area contributed by atoms with Crippen LogP contribution >= 0.6 is 23.2 Å². The quantitative estimate of drug-likeness (QED) is 0.173. The van der Waals surface area contributed by atoms with E-state index in [0.29, 0.717) is 22.2 Å². The van der Waals surface area contributed by atoms with E-state index in [0.717, 1.165) is 15.4 Å². The number of carbonyl (C=O) groups excluding carboxylic acids is 2. The van der Waals surface area contributed by atoms with E-state index in [1.807, 2.05) is 44.2 Å². The first-order valence-corrected chi connectivity index (χ1v) is 16.5. The Bertz CT molecular complexity index is 1640. The largest absolute Gasteiger partial charge is 0.352 e. The first kappa shape index (κ1) is 33.1. The third-order valence-electron chi connectivity index (χ3n) is 7.26. The van der Waals surface area contributed by atoms with Crippen LogP contribution in [0.3, 0.4) is 0 Å². The zero-order valence-electron chi connectivity index (χ0n) is 24.6. The molecule has 0 fully saturated rings. The minimum atomic E-state index is -4.20. The molecule has 4 aromatic carbocycles. The maximum Gasteiger partial charge on any atom is 0.264 e. The second-order valence-electron chi connectivity index (χ2n) is 10.5. The Labute approximate surface area is 269 Å². The maximum atomic E-state index is 14.4. The van der Waals surface area contributed by atoms with Crippen LogP contribution in [0.4, 0.5) is 5.69 Å². The number of benzene rings is 4. The number of para-hydroxylation sites is 1. The van der Waals surface area contributed by atoms with Gasteiger partial charge in [-0.2, -0.15) is 0 Å². The number of anilines is 1. The molecule has 0 aliphatic heterocycles. The van der Waals surface area contributed by atoms with Crippen molar-refractivity contribution in [3.63, 3.8) is 0 Å². The molecule has 0 radical (unpaired) electrons. The summed E-state index contributed by atoms with van der Waals surface area (Å²) in [6, 6.07) is 29.6. The lowest BCUT2D eigenvalue weighted by Crippen LogP contribution is -2.54. The van der Waals surface area contributed by atoms with Crippen molar-refractivity contribution < 1.29 is 18.0 Å². The summed E-state index contributed by atoms with van der Waals surface area (Å²) in [6.45, 7) is 3.39. The molecule has 0 heterocycles. The van der Waals surface area contributed by atoms with Crippen molar-refractivity contribution in [2.45, 2.75) is 50.2 Å². The number of halogens is 2. The van der Waals surface area contributed by atoms with Gasteiger partial charge in [-0.1, -0.05) is 90.8 Å². The lowest BCUT2D eigenvalue weighted by atomic mass is 10.0. The van der Waals surface area contributed by atoms with E-state index in [9.17, 15) is 18.0 Å². The summed E-state index contributed by atoms with van der Waals surface area (Å²) in [5.41, 5.74) is 1.91. The van der Waals surface area contributed by atoms with Gasteiger partial charge in [0.05, 0.1) is 10.6 Å². The van der Waals surface area contributed by atoms with Crippen LogP contribution in [0.15, 0.2) is 114 Å². The summed E-state index contributed by atoms with van der Waals surface area (Å²) in [7, 11) is -4.20. The number of amides is 2. The molecule has 0 unspecified atom stereocenters. The Hall–Kier alpha value is -3.85. The van der Waals surface area contributed by atoms with Crippen LogP contribution in [0.2, 0.25) is 10.0 Å². The summed E-state index contributed by atoms with van der Waals surface area (Å²) in [5, 5.41) is 3.95. The number of carbonyl (C=O) groups is 2. The molecule has 230 valence electrons. The number of sulfonamides is 1. The molecule has 2 amide bonds. The highest BCUT2D eigenvalue weighted by Crippen LogP contribution is 2.26. The standard InChI is InChI=1S/C34H35Cl2N3O4S/c1-3-25(2)37-34(41)32(22-26-10-6-4-7-11-26)38(23-27-14-16-28(35)17-15-27)33(40)24-39(30-12-8-5-9-13-30)44(42,43)31-20-18-29(36)19-21-31/h4-21,25,32H,3,22-24H2,1-2H3,(H,37,41)/t25-,32-/m0/s1. The molecular weight excluding hydrogens is 617 g/mol. The molecule has 2 atom stereocenters. The van der Waals surface area contributed by atoms with E-state index in [1.54, 1.807) is 54.6 Å². The second-order valence-corrected chi connectivity index (χ2v) is 13.2. The molecule has 0 aromatic heterocycles. The van der Waals surface area contributed by atoms with Gasteiger partial charge in [-0.15, -0.1) is 0 Å². The highest BCUT2D eigenvalue weighted by atomic mass is 35.5. The third kappa shape index (κ3) is 8.62. The molecular formula is C34H35Cl2N3O4S. The second kappa shape index (κ2) is 15.2. The third-order valence-corrected chi connectivity index (χ3v) is 9.56. The lowest BCUT2D eigenvalue weighted by Gasteiger charge is -2.34. The molecule has 4 aromatic rings. The van der Waals surface area contributed by atoms with Gasteiger partial charge in [0.2, 0.25) is 11.8 Å². The van der Waals surface area contributed by atoms with E-state index in [1.165, 1.54) is 29.2 Å². The van der Waals surface area contributed by atoms with E-state index >= 15 is 0 Å². The van der Waals surface area contributed by atoms with Crippen molar-refractivity contribution in [1.82, 2.24) is 10.2 Å². The molecule has 44 heavy (non-hydrogen) atoms. The molecule has 0 saturated heterocycles. The Kier molecular flexibility index (Phi) is 11.4. The predicted octanol–water partition coefficient (Wildman–Crippen LogP) is 6.74. The highest BCUT2D eigenvalue weighted by molar-refractivity contribution is 7.92. The van der Waals surface area contributed by atoms with Gasteiger partial charge in [0.1, 0.15) is 12.6 Å². The van der Waals surface area contributed by atoms with Crippen LogP contribution in [0.1, 0.15) is 31.4 Å². The normalized spacial score (nSPS) is 12.6. The average Bonchev–Trinajstić information content (AvgIpc) is 3.03. The van der Waals surface area contributed by atoms with Crippen molar-refractivity contribution in [2.75, 3.05) is 10.8 Å². The van der Waals surface area contributed by atoms with Crippen LogP contribution in [-0.2, 0) is 32.6 Å². The molecule has 0 spiro atoms. The fourth-order valence-electron chi connectivity index (χ4n) is 4.64. The Balaban J connectivity index is 1.78. The van der Waals surface area contributed by atoms with Gasteiger partial charge < -0.3 is 10.2 Å².